The van der Waals surface area contributed by atoms with Gasteiger partial charge in [0.05, 0.1) is 13.2 Å². The molecule has 1 aromatic rings. The second-order valence-corrected chi connectivity index (χ2v) is 5.39. The zero-order valence-corrected chi connectivity index (χ0v) is 12.6. The highest BCUT2D eigenvalue weighted by Gasteiger charge is 2.31. The van der Waals surface area contributed by atoms with Crippen molar-refractivity contribution in [2.24, 2.45) is 0 Å². The second-order valence-electron chi connectivity index (χ2n) is 5.39. The van der Waals surface area contributed by atoms with E-state index in [2.05, 4.69) is 4.74 Å². The SMILES string of the molecule is CC(CO)(CO)[NH2+]C[C@@H](O)COc1ccc(OC(F)(F)F)cc1. The molecule has 0 radical (unpaired) electrons. The van der Waals surface area contributed by atoms with Gasteiger partial charge in [-0.15, -0.1) is 13.2 Å². The van der Waals surface area contributed by atoms with Gasteiger partial charge in [-0.1, -0.05) is 0 Å². The summed E-state index contributed by atoms with van der Waals surface area (Å²) in [4.78, 5) is 0. The fraction of sp³-hybridized carbons (Fsp3) is 0.571. The van der Waals surface area contributed by atoms with E-state index in [1.54, 1.807) is 12.2 Å². The summed E-state index contributed by atoms with van der Waals surface area (Å²) in [6.07, 6.45) is -5.63. The van der Waals surface area contributed by atoms with E-state index in [0.717, 1.165) is 12.1 Å². The van der Waals surface area contributed by atoms with Crippen LogP contribution < -0.4 is 14.8 Å². The van der Waals surface area contributed by atoms with Gasteiger partial charge >= 0.3 is 6.36 Å². The van der Waals surface area contributed by atoms with E-state index >= 15 is 0 Å². The fourth-order valence-electron chi connectivity index (χ4n) is 1.60. The van der Waals surface area contributed by atoms with Gasteiger partial charge in [0, 0.05) is 0 Å². The van der Waals surface area contributed by atoms with Gasteiger partial charge in [-0.25, -0.2) is 0 Å². The molecule has 132 valence electrons. The van der Waals surface area contributed by atoms with E-state index in [1.165, 1.54) is 12.1 Å². The molecule has 0 saturated heterocycles. The van der Waals surface area contributed by atoms with Crippen molar-refractivity contribution in [2.75, 3.05) is 26.4 Å². The van der Waals surface area contributed by atoms with Crippen LogP contribution in [0.3, 0.4) is 0 Å². The number of rotatable bonds is 9. The first-order chi connectivity index (χ1) is 10.7. The molecule has 23 heavy (non-hydrogen) atoms. The van der Waals surface area contributed by atoms with Crippen molar-refractivity contribution in [2.45, 2.75) is 24.9 Å². The monoisotopic (exact) mass is 340 g/mol. The zero-order valence-electron chi connectivity index (χ0n) is 12.6. The molecule has 0 saturated carbocycles. The third kappa shape index (κ3) is 7.51. The number of hydrogen-bond acceptors (Lipinski definition) is 5. The Morgan fingerprint density at radius 1 is 1.09 bits per heavy atom. The number of aliphatic hydroxyl groups excluding tert-OH is 3. The lowest BCUT2D eigenvalue weighted by atomic mass is 10.1. The van der Waals surface area contributed by atoms with Crippen LogP contribution in [0.5, 0.6) is 11.5 Å². The minimum atomic E-state index is -4.75. The number of benzene rings is 1. The molecular weight excluding hydrogens is 319 g/mol. The minimum absolute atomic E-state index is 0.0804. The number of ether oxygens (including phenoxy) is 2. The molecular formula is C14H21F3NO5+. The molecule has 0 amide bonds. The van der Waals surface area contributed by atoms with E-state index in [0.29, 0.717) is 0 Å². The van der Waals surface area contributed by atoms with E-state index in [-0.39, 0.29) is 37.9 Å². The Morgan fingerprint density at radius 3 is 2.09 bits per heavy atom. The molecule has 1 atom stereocenters. The van der Waals surface area contributed by atoms with Crippen LogP contribution in [0.25, 0.3) is 0 Å². The van der Waals surface area contributed by atoms with Crippen LogP contribution in [-0.4, -0.2) is 59.7 Å². The third-order valence-corrected chi connectivity index (χ3v) is 3.10. The smallest absolute Gasteiger partial charge is 0.491 e. The lowest BCUT2D eigenvalue weighted by Gasteiger charge is -2.24. The Kier molecular flexibility index (Phi) is 7.07. The van der Waals surface area contributed by atoms with Gasteiger partial charge in [0.25, 0.3) is 0 Å². The second kappa shape index (κ2) is 8.34. The van der Waals surface area contributed by atoms with Crippen molar-refractivity contribution in [3.8, 4) is 11.5 Å². The predicted octanol–water partition coefficient (Wildman–Crippen LogP) is -0.368. The lowest BCUT2D eigenvalue weighted by molar-refractivity contribution is -0.732. The first-order valence-electron chi connectivity index (χ1n) is 6.90. The van der Waals surface area contributed by atoms with E-state index in [1.807, 2.05) is 0 Å². The molecule has 1 aromatic carbocycles. The number of nitrogens with two attached hydrogens (primary N) is 1. The lowest BCUT2D eigenvalue weighted by Crippen LogP contribution is -2.99. The summed E-state index contributed by atoms with van der Waals surface area (Å²) in [6.45, 7) is 1.24. The summed E-state index contributed by atoms with van der Waals surface area (Å²) >= 11 is 0. The van der Waals surface area contributed by atoms with Crippen LogP contribution in [0.15, 0.2) is 24.3 Å². The third-order valence-electron chi connectivity index (χ3n) is 3.10. The number of aliphatic hydroxyl groups is 3. The molecule has 0 fully saturated rings. The van der Waals surface area contributed by atoms with Gasteiger partial charge < -0.3 is 30.1 Å². The molecule has 0 aliphatic rings. The molecule has 0 bridgehead atoms. The summed E-state index contributed by atoms with van der Waals surface area (Å²) < 4.78 is 45.0. The molecule has 1 rings (SSSR count). The van der Waals surface area contributed by atoms with Gasteiger partial charge in [0.15, 0.2) is 0 Å². The minimum Gasteiger partial charge on any atom is -0.491 e. The van der Waals surface area contributed by atoms with Crippen LogP contribution >= 0.6 is 0 Å². The number of quaternary nitrogens is 1. The maximum Gasteiger partial charge on any atom is 0.573 e. The van der Waals surface area contributed by atoms with E-state index in [9.17, 15) is 18.3 Å². The maximum absolute atomic E-state index is 12.0. The van der Waals surface area contributed by atoms with Gasteiger partial charge in [-0.3, -0.25) is 0 Å². The standard InChI is InChI=1S/C14H20F3NO5/c1-13(8-19,9-20)18-6-10(21)7-22-11-2-4-12(5-3-11)23-14(15,16)17/h2-5,10,18-21H,6-9H2,1H3/p+1/t10-/m1/s1. The van der Waals surface area contributed by atoms with E-state index < -0.39 is 18.0 Å². The number of halogens is 3. The van der Waals surface area contributed by atoms with Crippen molar-refractivity contribution >= 4 is 0 Å². The molecule has 0 aromatic heterocycles. The molecule has 0 aliphatic heterocycles. The van der Waals surface area contributed by atoms with E-state index in [4.69, 9.17) is 14.9 Å². The summed E-state index contributed by atoms with van der Waals surface area (Å²) in [5, 5.41) is 29.6. The van der Waals surface area contributed by atoms with Crippen molar-refractivity contribution < 1.29 is 43.3 Å². The highest BCUT2D eigenvalue weighted by Crippen LogP contribution is 2.24. The first kappa shape index (κ1) is 19.5. The van der Waals surface area contributed by atoms with Crippen LogP contribution in [0.1, 0.15) is 6.92 Å². The molecule has 0 heterocycles. The normalized spacial score (nSPS) is 13.7. The van der Waals surface area contributed by atoms with Crippen LogP contribution in [0.4, 0.5) is 13.2 Å². The van der Waals surface area contributed by atoms with Gasteiger partial charge in [0.2, 0.25) is 0 Å². The largest absolute Gasteiger partial charge is 0.573 e. The van der Waals surface area contributed by atoms with Gasteiger partial charge in [-0.05, 0) is 31.2 Å². The quantitative estimate of drug-likeness (QED) is 0.492. The number of alkyl halides is 3. The summed E-state index contributed by atoms with van der Waals surface area (Å²) in [7, 11) is 0. The zero-order chi connectivity index (χ0) is 17.5. The number of hydrogen-bond donors (Lipinski definition) is 4. The molecule has 6 nitrogen and oxygen atoms in total. The van der Waals surface area contributed by atoms with Crippen LogP contribution in [0, 0.1) is 0 Å². The van der Waals surface area contributed by atoms with Crippen molar-refractivity contribution in [3.63, 3.8) is 0 Å². The highest BCUT2D eigenvalue weighted by atomic mass is 19.4. The molecule has 9 heteroatoms. The molecule has 5 N–H and O–H groups in total. The Bertz CT molecular complexity index is 462. The van der Waals surface area contributed by atoms with Gasteiger partial charge in [0.1, 0.15) is 36.3 Å². The van der Waals surface area contributed by atoms with Crippen molar-refractivity contribution in [1.82, 2.24) is 0 Å². The average Bonchev–Trinajstić information content (AvgIpc) is 2.50. The summed E-state index contributed by atoms with van der Waals surface area (Å²) in [5.74, 6) is -0.0777. The van der Waals surface area contributed by atoms with Gasteiger partial charge in [-0.2, -0.15) is 0 Å². The maximum atomic E-state index is 12.0. The summed E-state index contributed by atoms with van der Waals surface area (Å²) in [5.41, 5.74) is -0.794. The first-order valence-corrected chi connectivity index (χ1v) is 6.90. The van der Waals surface area contributed by atoms with Crippen LogP contribution in [0.2, 0.25) is 0 Å². The Morgan fingerprint density at radius 2 is 1.61 bits per heavy atom. The average molecular weight is 340 g/mol. The summed E-state index contributed by atoms with van der Waals surface area (Å²) in [6, 6.07) is 4.80. The molecule has 0 spiro atoms. The van der Waals surface area contributed by atoms with Crippen LogP contribution in [-0.2, 0) is 0 Å². The fourth-order valence-corrected chi connectivity index (χ4v) is 1.60. The van der Waals surface area contributed by atoms with Crippen molar-refractivity contribution in [3.05, 3.63) is 24.3 Å². The molecule has 0 unspecified atom stereocenters. The topological polar surface area (TPSA) is 95.8 Å². The Hall–Kier alpha value is -1.55. The molecule has 0 aliphatic carbocycles. The Balaban J connectivity index is 2.40. The predicted molar refractivity (Wildman–Crippen MR) is 74.0 cm³/mol. The van der Waals surface area contributed by atoms with Crippen molar-refractivity contribution in [1.29, 1.82) is 0 Å². The highest BCUT2D eigenvalue weighted by molar-refractivity contribution is 5.31. The Labute approximate surface area is 131 Å².